The molecule has 7 atom stereocenters. The number of fused-ring (bicyclic) bond motifs is 1. The molecule has 4 fully saturated rings. The van der Waals surface area contributed by atoms with Crippen LogP contribution in [0.15, 0.2) is 11.6 Å². The first-order chi connectivity index (χ1) is 12.0. The summed E-state index contributed by atoms with van der Waals surface area (Å²) < 4.78 is 7.41. The van der Waals surface area contributed by atoms with Crippen LogP contribution in [0, 0.1) is 35.5 Å². The van der Waals surface area contributed by atoms with Gasteiger partial charge in [0.15, 0.2) is 8.32 Å². The van der Waals surface area contributed by atoms with Gasteiger partial charge in [-0.2, -0.15) is 0 Å². The Bertz CT molecular complexity index is 602. The number of allylic oxidation sites excluding steroid dienone is 1. The molecule has 3 heteroatoms. The lowest BCUT2D eigenvalue weighted by Gasteiger charge is -2.70. The highest BCUT2D eigenvalue weighted by molar-refractivity contribution is 6.74. The fourth-order valence-electron chi connectivity index (χ4n) is 7.14. The number of hydrogen-bond acceptors (Lipinski definition) is 2. The van der Waals surface area contributed by atoms with E-state index in [0.29, 0.717) is 35.5 Å². The smallest absolute Gasteiger partial charge is 0.192 e. The average molecular weight is 377 g/mol. The first-order valence-electron chi connectivity index (χ1n) is 11.1. The van der Waals surface area contributed by atoms with Crippen LogP contribution in [0.1, 0.15) is 66.7 Å². The Hall–Kier alpha value is -0.123. The summed E-state index contributed by atoms with van der Waals surface area (Å²) in [4.78, 5) is 0. The highest BCUT2D eigenvalue weighted by atomic mass is 28.4. The third-order valence-electron chi connectivity index (χ3n) is 8.97. The maximum Gasteiger partial charge on any atom is 0.192 e. The van der Waals surface area contributed by atoms with Crippen LogP contribution in [0.25, 0.3) is 0 Å². The number of aliphatic hydroxyl groups is 1. The Labute approximate surface area is 161 Å². The largest absolute Gasteiger partial charge is 0.410 e. The Morgan fingerprint density at radius 2 is 1.92 bits per heavy atom. The van der Waals surface area contributed by atoms with Gasteiger partial charge in [-0.1, -0.05) is 46.3 Å². The van der Waals surface area contributed by atoms with Gasteiger partial charge in [0.25, 0.3) is 0 Å². The molecule has 148 valence electrons. The third-order valence-corrected chi connectivity index (χ3v) is 13.5. The van der Waals surface area contributed by atoms with Gasteiger partial charge in [-0.25, -0.2) is 0 Å². The summed E-state index contributed by atoms with van der Waals surface area (Å²) in [7, 11) is -1.91. The maximum absolute atomic E-state index is 11.4. The second-order valence-electron chi connectivity index (χ2n) is 11.6. The summed E-state index contributed by atoms with van der Waals surface area (Å²) >= 11 is 0. The lowest BCUT2D eigenvalue weighted by atomic mass is 9.40. The van der Waals surface area contributed by atoms with E-state index in [0.717, 1.165) is 6.42 Å². The first-order valence-corrected chi connectivity index (χ1v) is 14.0. The van der Waals surface area contributed by atoms with E-state index in [1.807, 2.05) is 0 Å². The van der Waals surface area contributed by atoms with E-state index in [1.165, 1.54) is 25.7 Å². The van der Waals surface area contributed by atoms with Crippen molar-refractivity contribution < 1.29 is 9.53 Å². The van der Waals surface area contributed by atoms with Gasteiger partial charge in [-0.15, -0.1) is 0 Å². The van der Waals surface area contributed by atoms with Gasteiger partial charge in [0.2, 0.25) is 0 Å². The summed E-state index contributed by atoms with van der Waals surface area (Å²) in [6.07, 6.45) is 8.34. The highest BCUT2D eigenvalue weighted by Gasteiger charge is 2.69. The summed E-state index contributed by atoms with van der Waals surface area (Å²) in [5, 5.41) is 11.6. The molecule has 4 saturated carbocycles. The molecule has 0 spiro atoms. The zero-order valence-electron chi connectivity index (χ0n) is 18.0. The number of hydrogen-bond donors (Lipinski definition) is 1. The Balaban J connectivity index is 1.85. The van der Waals surface area contributed by atoms with E-state index in [9.17, 15) is 5.11 Å². The van der Waals surface area contributed by atoms with Crippen molar-refractivity contribution >= 4 is 8.32 Å². The highest BCUT2D eigenvalue weighted by Crippen LogP contribution is 2.68. The molecular weight excluding hydrogens is 336 g/mol. The second-order valence-corrected chi connectivity index (χ2v) is 16.4. The van der Waals surface area contributed by atoms with Gasteiger partial charge in [0, 0.05) is 11.8 Å². The minimum absolute atomic E-state index is 0.0960. The lowest BCUT2D eigenvalue weighted by molar-refractivity contribution is -0.224. The molecule has 0 heterocycles. The van der Waals surface area contributed by atoms with Crippen molar-refractivity contribution in [2.45, 2.75) is 96.6 Å². The topological polar surface area (TPSA) is 29.5 Å². The standard InChI is InChI=1S/C23H40O2Si/c1-14(2)19-16-11-12-23(25-26(6,7)22(3,4)5)20-15(9-8-10-17(16)20)13-18(24)21(19)23/h10,14-16,18-21,24H,8-9,11-13H2,1-7H3/t15-,16?,18-,19+,20+,21?,23+/m0/s1. The Kier molecular flexibility index (Phi) is 4.39. The van der Waals surface area contributed by atoms with Crippen LogP contribution in [0.2, 0.25) is 18.1 Å². The van der Waals surface area contributed by atoms with Gasteiger partial charge in [-0.3, -0.25) is 0 Å². The molecule has 5 rings (SSSR count). The third kappa shape index (κ3) is 2.49. The van der Waals surface area contributed by atoms with E-state index in [2.05, 4.69) is 53.8 Å². The van der Waals surface area contributed by atoms with Gasteiger partial charge in [0.1, 0.15) is 0 Å². The molecule has 0 amide bonds. The molecule has 2 unspecified atom stereocenters. The molecule has 4 bridgehead atoms. The van der Waals surface area contributed by atoms with Crippen LogP contribution in [0.5, 0.6) is 0 Å². The van der Waals surface area contributed by atoms with Crippen LogP contribution in [-0.4, -0.2) is 25.1 Å². The maximum atomic E-state index is 11.4. The van der Waals surface area contributed by atoms with Crippen molar-refractivity contribution in [3.8, 4) is 0 Å². The van der Waals surface area contributed by atoms with Crippen molar-refractivity contribution in [3.63, 3.8) is 0 Å². The normalized spacial score (nSPS) is 45.0. The summed E-state index contributed by atoms with van der Waals surface area (Å²) in [5.41, 5.74) is 1.65. The molecule has 0 aliphatic heterocycles. The molecule has 0 saturated heterocycles. The van der Waals surface area contributed by atoms with Crippen LogP contribution < -0.4 is 0 Å². The van der Waals surface area contributed by atoms with Crippen molar-refractivity contribution in [3.05, 3.63) is 11.6 Å². The van der Waals surface area contributed by atoms with Crippen molar-refractivity contribution in [1.29, 1.82) is 0 Å². The monoisotopic (exact) mass is 376 g/mol. The van der Waals surface area contributed by atoms with Crippen LogP contribution in [0.3, 0.4) is 0 Å². The van der Waals surface area contributed by atoms with Crippen LogP contribution in [0.4, 0.5) is 0 Å². The van der Waals surface area contributed by atoms with Gasteiger partial charge < -0.3 is 9.53 Å². The van der Waals surface area contributed by atoms with Gasteiger partial charge in [0.05, 0.1) is 11.7 Å². The molecule has 5 aliphatic carbocycles. The average Bonchev–Trinajstić information content (AvgIpc) is 2.52. The minimum Gasteiger partial charge on any atom is -0.410 e. The second kappa shape index (κ2) is 5.94. The molecule has 26 heavy (non-hydrogen) atoms. The van der Waals surface area contributed by atoms with E-state index < -0.39 is 8.32 Å². The predicted molar refractivity (Wildman–Crippen MR) is 110 cm³/mol. The van der Waals surface area contributed by atoms with Crippen LogP contribution >= 0.6 is 0 Å². The molecule has 0 radical (unpaired) electrons. The molecular formula is C23H40O2Si. The van der Waals surface area contributed by atoms with E-state index in [1.54, 1.807) is 5.57 Å². The van der Waals surface area contributed by atoms with Crippen molar-refractivity contribution in [2.75, 3.05) is 0 Å². The zero-order chi connectivity index (χ0) is 19.1. The number of aliphatic hydroxyl groups excluding tert-OH is 1. The fraction of sp³-hybridized carbons (Fsp3) is 0.913. The van der Waals surface area contributed by atoms with Crippen molar-refractivity contribution in [2.24, 2.45) is 35.5 Å². The quantitative estimate of drug-likeness (QED) is 0.500. The number of rotatable bonds is 3. The zero-order valence-corrected chi connectivity index (χ0v) is 19.0. The predicted octanol–water partition coefficient (Wildman–Crippen LogP) is 5.78. The molecule has 0 aromatic heterocycles. The lowest BCUT2D eigenvalue weighted by Crippen LogP contribution is -2.72. The van der Waals surface area contributed by atoms with Gasteiger partial charge >= 0.3 is 0 Å². The van der Waals surface area contributed by atoms with E-state index >= 15 is 0 Å². The van der Waals surface area contributed by atoms with Gasteiger partial charge in [-0.05, 0) is 73.9 Å². The minimum atomic E-state index is -1.91. The first kappa shape index (κ1) is 19.2. The van der Waals surface area contributed by atoms with Crippen molar-refractivity contribution in [1.82, 2.24) is 0 Å². The molecule has 1 N–H and O–H groups in total. The summed E-state index contributed by atoms with van der Waals surface area (Å²) in [6.45, 7) is 16.7. The summed E-state index contributed by atoms with van der Waals surface area (Å²) in [5.74, 6) is 3.47. The molecule has 0 aromatic carbocycles. The van der Waals surface area contributed by atoms with E-state index in [4.69, 9.17) is 4.43 Å². The molecule has 2 nitrogen and oxygen atoms in total. The molecule has 0 aromatic rings. The Morgan fingerprint density at radius 3 is 2.54 bits per heavy atom. The fourth-order valence-corrected chi connectivity index (χ4v) is 8.77. The summed E-state index contributed by atoms with van der Waals surface area (Å²) in [6, 6.07) is 0. The van der Waals surface area contributed by atoms with E-state index in [-0.39, 0.29) is 16.7 Å². The molecule has 5 aliphatic rings. The van der Waals surface area contributed by atoms with Crippen LogP contribution in [-0.2, 0) is 4.43 Å². The SMILES string of the molecule is CC(C)[C@@H]1C2CC[C@]3(O[Si](C)(C)C(C)(C)C)C1[C@@H](O)C[C@@H]1CCC=C2[C@@H]13. The Morgan fingerprint density at radius 1 is 1.23 bits per heavy atom.